The topological polar surface area (TPSA) is 62.5 Å². The number of benzene rings is 1. The van der Waals surface area contributed by atoms with Gasteiger partial charge in [0.25, 0.3) is 5.91 Å². The number of carbonyl (C=O) groups excluding carboxylic acids is 1. The maximum absolute atomic E-state index is 13.0. The molecule has 28 heavy (non-hydrogen) atoms. The Morgan fingerprint density at radius 3 is 2.43 bits per heavy atom. The van der Waals surface area contributed by atoms with Gasteiger partial charge in [-0.2, -0.15) is 0 Å². The largest absolute Gasteiger partial charge is 0.360 e. The fourth-order valence-corrected chi connectivity index (χ4v) is 3.55. The number of piperazine rings is 1. The van der Waals surface area contributed by atoms with Gasteiger partial charge in [-0.05, 0) is 26.0 Å². The minimum absolute atomic E-state index is 0.0553. The summed E-state index contributed by atoms with van der Waals surface area (Å²) in [5.41, 5.74) is 4.29. The second kappa shape index (κ2) is 7.94. The molecule has 0 saturated carbocycles. The molecule has 0 radical (unpaired) electrons. The first-order valence-corrected chi connectivity index (χ1v) is 9.57. The molecule has 0 spiro atoms. The van der Waals surface area contributed by atoms with E-state index in [0.29, 0.717) is 18.7 Å². The van der Waals surface area contributed by atoms with Crippen LogP contribution < -0.4 is 0 Å². The number of hydrogen-bond donors (Lipinski definition) is 0. The van der Waals surface area contributed by atoms with Crippen LogP contribution in [0.4, 0.5) is 0 Å². The Labute approximate surface area is 164 Å². The first-order valence-electron chi connectivity index (χ1n) is 9.57. The Bertz CT molecular complexity index is 960. The molecule has 6 nitrogen and oxygen atoms in total. The summed E-state index contributed by atoms with van der Waals surface area (Å²) in [6.07, 6.45) is 0. The summed E-state index contributed by atoms with van der Waals surface area (Å²) in [6, 6.07) is 15.8. The molecule has 3 aromatic rings. The zero-order valence-electron chi connectivity index (χ0n) is 16.3. The molecule has 0 N–H and O–H groups in total. The zero-order chi connectivity index (χ0) is 19.5. The number of aromatic nitrogens is 2. The predicted octanol–water partition coefficient (Wildman–Crippen LogP) is 3.31. The predicted molar refractivity (Wildman–Crippen MR) is 107 cm³/mol. The van der Waals surface area contributed by atoms with E-state index in [1.807, 2.05) is 67.3 Å². The average molecular weight is 376 g/mol. The van der Waals surface area contributed by atoms with Crippen LogP contribution in [0.3, 0.4) is 0 Å². The smallest absolute Gasteiger partial charge is 0.255 e. The summed E-state index contributed by atoms with van der Waals surface area (Å²) in [4.78, 5) is 21.8. The Kier molecular flexibility index (Phi) is 5.21. The van der Waals surface area contributed by atoms with Gasteiger partial charge in [0.05, 0.1) is 29.2 Å². The lowest BCUT2D eigenvalue weighted by Gasteiger charge is -2.34. The van der Waals surface area contributed by atoms with Crippen LogP contribution in [0.15, 0.2) is 53.1 Å². The first kappa shape index (κ1) is 18.4. The first-order chi connectivity index (χ1) is 13.6. The van der Waals surface area contributed by atoms with Gasteiger partial charge in [0.15, 0.2) is 5.76 Å². The van der Waals surface area contributed by atoms with E-state index >= 15 is 0 Å². The number of pyridine rings is 1. The van der Waals surface area contributed by atoms with E-state index in [-0.39, 0.29) is 5.91 Å². The molecule has 0 aliphatic carbocycles. The lowest BCUT2D eigenvalue weighted by molar-refractivity contribution is 0.0616. The monoisotopic (exact) mass is 376 g/mol. The fourth-order valence-electron chi connectivity index (χ4n) is 3.55. The summed E-state index contributed by atoms with van der Waals surface area (Å²) in [5.74, 6) is 0.925. The Morgan fingerprint density at radius 1 is 1.04 bits per heavy atom. The molecule has 0 atom stereocenters. The Balaban J connectivity index is 1.40. The third-order valence-electron chi connectivity index (χ3n) is 5.10. The third-order valence-corrected chi connectivity index (χ3v) is 5.10. The van der Waals surface area contributed by atoms with Crippen molar-refractivity contribution in [3.63, 3.8) is 0 Å². The molecular formula is C22H24N4O2. The Morgan fingerprint density at radius 2 is 1.79 bits per heavy atom. The summed E-state index contributed by atoms with van der Waals surface area (Å²) in [6.45, 7) is 7.60. The highest BCUT2D eigenvalue weighted by Crippen LogP contribution is 2.20. The van der Waals surface area contributed by atoms with Crippen molar-refractivity contribution in [2.24, 2.45) is 0 Å². The molecule has 0 unspecified atom stereocenters. The van der Waals surface area contributed by atoms with Gasteiger partial charge in [-0.15, -0.1) is 0 Å². The van der Waals surface area contributed by atoms with Crippen molar-refractivity contribution in [2.45, 2.75) is 20.4 Å². The summed E-state index contributed by atoms with van der Waals surface area (Å²) < 4.78 is 5.29. The molecule has 144 valence electrons. The molecular weight excluding hydrogens is 352 g/mol. The van der Waals surface area contributed by atoms with Crippen LogP contribution in [0, 0.1) is 13.8 Å². The van der Waals surface area contributed by atoms with Crippen molar-refractivity contribution in [3.8, 4) is 11.3 Å². The molecule has 1 aliphatic rings. The summed E-state index contributed by atoms with van der Waals surface area (Å²) in [7, 11) is 0. The van der Waals surface area contributed by atoms with Crippen LogP contribution in [0.1, 0.15) is 27.5 Å². The van der Waals surface area contributed by atoms with Crippen molar-refractivity contribution >= 4 is 5.91 Å². The SMILES string of the molecule is Cc1cc(CN2CCN(C(=O)c3ccc(-c4ccccc4)nc3C)CC2)on1. The average Bonchev–Trinajstić information content (AvgIpc) is 3.13. The second-order valence-electron chi connectivity index (χ2n) is 7.20. The van der Waals surface area contributed by atoms with E-state index in [2.05, 4.69) is 15.0 Å². The van der Waals surface area contributed by atoms with Crippen LogP contribution in [-0.2, 0) is 6.54 Å². The molecule has 1 aromatic carbocycles. The minimum atomic E-state index is 0.0553. The Hall–Kier alpha value is -2.99. The zero-order valence-corrected chi connectivity index (χ0v) is 16.3. The molecule has 1 saturated heterocycles. The van der Waals surface area contributed by atoms with E-state index in [1.54, 1.807) is 0 Å². The fraction of sp³-hybridized carbons (Fsp3) is 0.318. The lowest BCUT2D eigenvalue weighted by atomic mass is 10.1. The maximum atomic E-state index is 13.0. The van der Waals surface area contributed by atoms with Crippen LogP contribution >= 0.6 is 0 Å². The van der Waals surface area contributed by atoms with Gasteiger partial charge in [0, 0.05) is 37.8 Å². The number of aryl methyl sites for hydroxylation is 2. The highest BCUT2D eigenvalue weighted by molar-refractivity contribution is 5.95. The summed E-state index contributed by atoms with van der Waals surface area (Å²) >= 11 is 0. The quantitative estimate of drug-likeness (QED) is 0.699. The number of carbonyl (C=O) groups is 1. The lowest BCUT2D eigenvalue weighted by Crippen LogP contribution is -2.48. The molecule has 1 fully saturated rings. The van der Waals surface area contributed by atoms with Gasteiger partial charge in [-0.25, -0.2) is 0 Å². The van der Waals surface area contributed by atoms with Crippen molar-refractivity contribution in [1.82, 2.24) is 19.9 Å². The van der Waals surface area contributed by atoms with Crippen molar-refractivity contribution in [2.75, 3.05) is 26.2 Å². The van der Waals surface area contributed by atoms with E-state index < -0.39 is 0 Å². The van der Waals surface area contributed by atoms with E-state index in [4.69, 9.17) is 4.52 Å². The second-order valence-corrected chi connectivity index (χ2v) is 7.20. The van der Waals surface area contributed by atoms with Gasteiger partial charge in [-0.1, -0.05) is 35.5 Å². The number of rotatable bonds is 4. The summed E-state index contributed by atoms with van der Waals surface area (Å²) in [5, 5.41) is 3.93. The van der Waals surface area contributed by atoms with Crippen molar-refractivity contribution in [1.29, 1.82) is 0 Å². The van der Waals surface area contributed by atoms with Crippen molar-refractivity contribution < 1.29 is 9.32 Å². The highest BCUT2D eigenvalue weighted by Gasteiger charge is 2.24. The molecule has 2 aromatic heterocycles. The van der Waals surface area contributed by atoms with Gasteiger partial charge < -0.3 is 9.42 Å². The molecule has 1 aliphatic heterocycles. The van der Waals surface area contributed by atoms with E-state index in [0.717, 1.165) is 48.0 Å². The molecule has 3 heterocycles. The van der Waals surface area contributed by atoms with Crippen molar-refractivity contribution in [3.05, 3.63) is 71.2 Å². The minimum Gasteiger partial charge on any atom is -0.360 e. The molecule has 4 rings (SSSR count). The van der Waals surface area contributed by atoms with Crippen LogP contribution in [0.5, 0.6) is 0 Å². The van der Waals surface area contributed by atoms with Crippen LogP contribution in [-0.4, -0.2) is 52.0 Å². The number of nitrogens with zero attached hydrogens (tertiary/aromatic N) is 4. The van der Waals surface area contributed by atoms with Gasteiger partial charge in [0.1, 0.15) is 0 Å². The maximum Gasteiger partial charge on any atom is 0.255 e. The standard InChI is InChI=1S/C22H24N4O2/c1-16-14-19(28-24-16)15-25-10-12-26(13-11-25)22(27)20-8-9-21(23-17(20)2)18-6-4-3-5-7-18/h3-9,14H,10-13,15H2,1-2H3. The molecule has 1 amide bonds. The van der Waals surface area contributed by atoms with Crippen LogP contribution in [0.25, 0.3) is 11.3 Å². The van der Waals surface area contributed by atoms with Crippen LogP contribution in [0.2, 0.25) is 0 Å². The third kappa shape index (κ3) is 3.97. The van der Waals surface area contributed by atoms with Gasteiger partial charge >= 0.3 is 0 Å². The van der Waals surface area contributed by atoms with E-state index in [1.165, 1.54) is 0 Å². The molecule has 6 heteroatoms. The normalized spacial score (nSPS) is 15.0. The molecule has 0 bridgehead atoms. The van der Waals surface area contributed by atoms with E-state index in [9.17, 15) is 4.79 Å². The number of hydrogen-bond acceptors (Lipinski definition) is 5. The van der Waals surface area contributed by atoms with Gasteiger partial charge in [0.2, 0.25) is 0 Å². The highest BCUT2D eigenvalue weighted by atomic mass is 16.5. The van der Waals surface area contributed by atoms with Gasteiger partial charge in [-0.3, -0.25) is 14.7 Å². The number of amides is 1.